The molecule has 0 saturated heterocycles. The average molecular weight is 202 g/mol. The summed E-state index contributed by atoms with van der Waals surface area (Å²) in [6.45, 7) is 7.17. The summed E-state index contributed by atoms with van der Waals surface area (Å²) < 4.78 is 5.31. The highest BCUT2D eigenvalue weighted by molar-refractivity contribution is 5.73. The van der Waals surface area contributed by atoms with Crippen LogP contribution in [0.3, 0.4) is 0 Å². The lowest BCUT2D eigenvalue weighted by Gasteiger charge is -2.18. The summed E-state index contributed by atoms with van der Waals surface area (Å²) in [5.41, 5.74) is -0.593. The minimum atomic E-state index is -0.716. The van der Waals surface area contributed by atoms with Crippen molar-refractivity contribution < 1.29 is 14.6 Å². The Balaban J connectivity index is 3.40. The van der Waals surface area contributed by atoms with E-state index in [0.29, 0.717) is 0 Å². The fourth-order valence-corrected chi connectivity index (χ4v) is 1.12. The molecule has 0 rings (SSSR count). The van der Waals surface area contributed by atoms with Crippen molar-refractivity contribution in [2.24, 2.45) is 5.41 Å². The predicted molar refractivity (Wildman–Crippen MR) is 56.4 cm³/mol. The lowest BCUT2D eigenvalue weighted by Crippen LogP contribution is -2.23. The Kier molecular flexibility index (Phi) is 6.54. The van der Waals surface area contributed by atoms with Gasteiger partial charge in [-0.05, 0) is 33.1 Å². The monoisotopic (exact) mass is 202 g/mol. The molecule has 0 fully saturated rings. The van der Waals surface area contributed by atoms with E-state index in [1.54, 1.807) is 13.8 Å². The first-order chi connectivity index (χ1) is 6.50. The first-order valence-electron chi connectivity index (χ1n) is 5.32. The topological polar surface area (TPSA) is 46.5 Å². The number of aliphatic carboxylic acids is 1. The van der Waals surface area contributed by atoms with Crippen molar-refractivity contribution in [1.29, 1.82) is 0 Å². The van der Waals surface area contributed by atoms with Crippen LogP contribution < -0.4 is 0 Å². The molecule has 0 bridgehead atoms. The van der Waals surface area contributed by atoms with Gasteiger partial charge in [-0.25, -0.2) is 0 Å². The summed E-state index contributed by atoms with van der Waals surface area (Å²) in [5.74, 6) is -0.716. The number of carboxylic acids is 1. The van der Waals surface area contributed by atoms with Crippen molar-refractivity contribution in [2.75, 3.05) is 13.2 Å². The number of hydrogen-bond acceptors (Lipinski definition) is 2. The van der Waals surface area contributed by atoms with Crippen molar-refractivity contribution >= 4 is 5.97 Å². The van der Waals surface area contributed by atoms with Crippen molar-refractivity contribution in [3.05, 3.63) is 0 Å². The fourth-order valence-electron chi connectivity index (χ4n) is 1.12. The Labute approximate surface area is 86.5 Å². The molecule has 0 heterocycles. The summed E-state index contributed by atoms with van der Waals surface area (Å²) >= 11 is 0. The molecule has 0 spiro atoms. The molecule has 1 N–H and O–H groups in total. The number of rotatable bonds is 8. The van der Waals surface area contributed by atoms with Crippen LogP contribution in [-0.2, 0) is 9.53 Å². The lowest BCUT2D eigenvalue weighted by molar-refractivity contribution is -0.147. The molecule has 0 aliphatic heterocycles. The van der Waals surface area contributed by atoms with E-state index in [-0.39, 0.29) is 0 Å². The molecule has 84 valence electrons. The van der Waals surface area contributed by atoms with Gasteiger partial charge in [0.15, 0.2) is 0 Å². The molecule has 3 heteroatoms. The van der Waals surface area contributed by atoms with E-state index in [9.17, 15) is 4.79 Å². The molecular formula is C11H22O3. The van der Waals surface area contributed by atoms with Gasteiger partial charge in [0.05, 0.1) is 5.41 Å². The van der Waals surface area contributed by atoms with Gasteiger partial charge in [-0.1, -0.05) is 13.3 Å². The van der Waals surface area contributed by atoms with Gasteiger partial charge in [-0.2, -0.15) is 0 Å². The molecule has 0 aromatic heterocycles. The van der Waals surface area contributed by atoms with Crippen molar-refractivity contribution in [3.8, 4) is 0 Å². The molecule has 14 heavy (non-hydrogen) atoms. The standard InChI is InChI=1S/C11H22O3/c1-4-8-14-9-6-5-7-11(2,3)10(12)13/h4-9H2,1-3H3,(H,12,13). The third-order valence-electron chi connectivity index (χ3n) is 2.27. The Bertz CT molecular complexity index is 164. The highest BCUT2D eigenvalue weighted by Crippen LogP contribution is 2.23. The SMILES string of the molecule is CCCOCCCCC(C)(C)C(=O)O. The molecule has 0 saturated carbocycles. The molecule has 0 amide bonds. The van der Waals surface area contributed by atoms with Gasteiger partial charge in [0.1, 0.15) is 0 Å². The lowest BCUT2D eigenvalue weighted by atomic mass is 9.87. The highest BCUT2D eigenvalue weighted by Gasteiger charge is 2.25. The molecule has 0 radical (unpaired) electrons. The minimum absolute atomic E-state index is 0.593. The summed E-state index contributed by atoms with van der Waals surface area (Å²) in [4.78, 5) is 10.8. The van der Waals surface area contributed by atoms with E-state index < -0.39 is 11.4 Å². The molecular weight excluding hydrogens is 180 g/mol. The van der Waals surface area contributed by atoms with E-state index >= 15 is 0 Å². The molecule has 0 aliphatic carbocycles. The zero-order chi connectivity index (χ0) is 11.0. The third kappa shape index (κ3) is 5.97. The summed E-state index contributed by atoms with van der Waals surface area (Å²) in [5, 5.41) is 8.85. The maximum atomic E-state index is 10.8. The van der Waals surface area contributed by atoms with E-state index in [1.807, 2.05) is 0 Å². The van der Waals surface area contributed by atoms with Crippen LogP contribution in [0.5, 0.6) is 0 Å². The number of unbranched alkanes of at least 4 members (excludes halogenated alkanes) is 1. The van der Waals surface area contributed by atoms with Crippen molar-refractivity contribution in [2.45, 2.75) is 46.5 Å². The molecule has 0 aliphatic rings. The quantitative estimate of drug-likeness (QED) is 0.615. The summed E-state index contributed by atoms with van der Waals surface area (Å²) in [7, 11) is 0. The van der Waals surface area contributed by atoms with E-state index in [2.05, 4.69) is 6.92 Å². The van der Waals surface area contributed by atoms with Crippen LogP contribution >= 0.6 is 0 Å². The van der Waals surface area contributed by atoms with Gasteiger partial charge in [0.25, 0.3) is 0 Å². The minimum Gasteiger partial charge on any atom is -0.481 e. The second-order valence-corrected chi connectivity index (χ2v) is 4.26. The van der Waals surface area contributed by atoms with E-state index in [1.165, 1.54) is 0 Å². The first kappa shape index (κ1) is 13.4. The predicted octanol–water partition coefficient (Wildman–Crippen LogP) is 2.69. The van der Waals surface area contributed by atoms with Crippen LogP contribution in [0, 0.1) is 5.41 Å². The highest BCUT2D eigenvalue weighted by atomic mass is 16.5. The molecule has 0 aromatic carbocycles. The largest absolute Gasteiger partial charge is 0.481 e. The Morgan fingerprint density at radius 2 is 1.93 bits per heavy atom. The maximum Gasteiger partial charge on any atom is 0.309 e. The van der Waals surface area contributed by atoms with Gasteiger partial charge in [0, 0.05) is 13.2 Å². The van der Waals surface area contributed by atoms with Crippen LogP contribution in [0.4, 0.5) is 0 Å². The zero-order valence-corrected chi connectivity index (χ0v) is 9.51. The first-order valence-corrected chi connectivity index (χ1v) is 5.32. The van der Waals surface area contributed by atoms with Gasteiger partial charge in [-0.3, -0.25) is 4.79 Å². The normalized spacial score (nSPS) is 11.6. The van der Waals surface area contributed by atoms with Gasteiger partial charge < -0.3 is 9.84 Å². The van der Waals surface area contributed by atoms with Gasteiger partial charge >= 0.3 is 5.97 Å². The van der Waals surface area contributed by atoms with E-state index in [4.69, 9.17) is 9.84 Å². The molecule has 0 unspecified atom stereocenters. The second-order valence-electron chi connectivity index (χ2n) is 4.26. The maximum absolute atomic E-state index is 10.8. The molecule has 3 nitrogen and oxygen atoms in total. The molecule has 0 aromatic rings. The Morgan fingerprint density at radius 1 is 1.29 bits per heavy atom. The Morgan fingerprint density at radius 3 is 2.43 bits per heavy atom. The smallest absolute Gasteiger partial charge is 0.309 e. The van der Waals surface area contributed by atoms with E-state index in [0.717, 1.165) is 38.9 Å². The van der Waals surface area contributed by atoms with Gasteiger partial charge in [0.2, 0.25) is 0 Å². The van der Waals surface area contributed by atoms with Crippen LogP contribution in [0.15, 0.2) is 0 Å². The fraction of sp³-hybridized carbons (Fsp3) is 0.909. The summed E-state index contributed by atoms with van der Waals surface area (Å²) in [6, 6.07) is 0. The van der Waals surface area contributed by atoms with Crippen molar-refractivity contribution in [3.63, 3.8) is 0 Å². The second kappa shape index (κ2) is 6.82. The van der Waals surface area contributed by atoms with Crippen LogP contribution in [0.25, 0.3) is 0 Å². The third-order valence-corrected chi connectivity index (χ3v) is 2.27. The number of carboxylic acid groups (broad SMARTS) is 1. The van der Waals surface area contributed by atoms with Crippen LogP contribution in [-0.4, -0.2) is 24.3 Å². The Hall–Kier alpha value is -0.570. The number of ether oxygens (including phenoxy) is 1. The zero-order valence-electron chi connectivity index (χ0n) is 9.51. The number of carbonyl (C=O) groups is 1. The van der Waals surface area contributed by atoms with Crippen molar-refractivity contribution in [1.82, 2.24) is 0 Å². The van der Waals surface area contributed by atoms with Gasteiger partial charge in [-0.15, -0.1) is 0 Å². The molecule has 0 atom stereocenters. The van der Waals surface area contributed by atoms with Crippen LogP contribution in [0.2, 0.25) is 0 Å². The average Bonchev–Trinajstić information content (AvgIpc) is 2.10. The summed E-state index contributed by atoms with van der Waals surface area (Å²) in [6.07, 6.45) is 3.64. The number of hydrogen-bond donors (Lipinski definition) is 1. The van der Waals surface area contributed by atoms with Crippen LogP contribution in [0.1, 0.15) is 46.5 Å².